The number of aliphatic hydroxyl groups is 2. The molecular formula is C63H100O12. The van der Waals surface area contributed by atoms with Crippen molar-refractivity contribution < 1.29 is 58.2 Å². The van der Waals surface area contributed by atoms with Crippen molar-refractivity contribution in [3.05, 3.63) is 109 Å². The number of aliphatic hydroxyl groups excluding tert-OH is 2. The third-order valence-electron chi connectivity index (χ3n) is 12.3. The predicted molar refractivity (Wildman–Crippen MR) is 303 cm³/mol. The summed E-state index contributed by atoms with van der Waals surface area (Å²) in [6.45, 7) is 5.69. The SMILES string of the molecule is CC/C=C\C/C=C\C/C=C\C/C=C\C/C=C\CCCC(=O)OC1C(OCC(COC(=O)CCCCCCC/C=C\C/C=C\C/C=C\CC)OC(=O)CCCCCCC/C=C\CCCCCC)OC(C(=O)O)C(O)C1O. The van der Waals surface area contributed by atoms with Crippen LogP contribution in [0, 0.1) is 0 Å². The van der Waals surface area contributed by atoms with Gasteiger partial charge in [-0.2, -0.15) is 0 Å². The van der Waals surface area contributed by atoms with Crippen LogP contribution in [-0.2, 0) is 42.9 Å². The standard InChI is InChI=1S/C63H100O12/c1-4-7-10-13-16-19-22-25-27-28-30-33-36-39-42-45-48-51-57(66)74-61-59(68)58(67)60(62(69)70)75-63(61)72-53-54(73-56(65)50-47-44-41-38-35-31-24-21-18-15-12-9-6-3)52-71-55(64)49-46-43-40-37-34-32-29-26-23-20-17-14-11-8-5-2/h7-8,10-11,16-17,19-21,24-27,29-30,33,39,42,54,58-61,63,67-68H,4-6,9,12-15,18,22-23,28,31-32,34-38,40-41,43-53H2,1-3H3,(H,69,70)/b10-7-,11-8-,19-16-,20-17-,24-21-,27-25-,29-26-,33-30-,42-39-. The molecule has 0 aromatic heterocycles. The third kappa shape index (κ3) is 40.3. The second-order valence-corrected chi connectivity index (χ2v) is 19.2. The van der Waals surface area contributed by atoms with Gasteiger partial charge in [-0.15, -0.1) is 0 Å². The Hall–Kier alpha value is -4.62. The minimum Gasteiger partial charge on any atom is -0.479 e. The molecule has 75 heavy (non-hydrogen) atoms. The van der Waals surface area contributed by atoms with Crippen molar-refractivity contribution in [2.75, 3.05) is 13.2 Å². The number of carbonyl (C=O) groups is 4. The molecule has 1 aliphatic rings. The average Bonchev–Trinajstić information content (AvgIpc) is 3.39. The first kappa shape index (κ1) is 68.4. The number of rotatable bonds is 47. The molecule has 0 spiro atoms. The van der Waals surface area contributed by atoms with Crippen molar-refractivity contribution in [3.63, 3.8) is 0 Å². The number of unbranched alkanes of at least 4 members (excludes halogenated alkanes) is 15. The molecule has 1 aliphatic heterocycles. The Morgan fingerprint density at radius 3 is 1.33 bits per heavy atom. The van der Waals surface area contributed by atoms with Crippen molar-refractivity contribution >= 4 is 23.9 Å². The molecule has 0 bridgehead atoms. The average molecular weight is 1050 g/mol. The maximum absolute atomic E-state index is 13.1. The summed E-state index contributed by atoms with van der Waals surface area (Å²) >= 11 is 0. The van der Waals surface area contributed by atoms with Gasteiger partial charge in [0.05, 0.1) is 6.61 Å². The number of carboxylic acid groups (broad SMARTS) is 1. The van der Waals surface area contributed by atoms with Crippen LogP contribution in [0.15, 0.2) is 109 Å². The van der Waals surface area contributed by atoms with Crippen molar-refractivity contribution in [1.82, 2.24) is 0 Å². The van der Waals surface area contributed by atoms with Gasteiger partial charge in [-0.25, -0.2) is 4.79 Å². The Kier molecular flexibility index (Phi) is 45.8. The van der Waals surface area contributed by atoms with E-state index in [-0.39, 0.29) is 25.9 Å². The molecule has 0 saturated carbocycles. The molecule has 12 nitrogen and oxygen atoms in total. The molecule has 0 amide bonds. The van der Waals surface area contributed by atoms with E-state index in [1.807, 2.05) is 12.2 Å². The summed E-state index contributed by atoms with van der Waals surface area (Å²) in [4.78, 5) is 51.1. The molecule has 1 heterocycles. The maximum Gasteiger partial charge on any atom is 0.335 e. The molecule has 1 saturated heterocycles. The van der Waals surface area contributed by atoms with E-state index in [4.69, 9.17) is 23.7 Å². The Morgan fingerprint density at radius 2 is 0.853 bits per heavy atom. The minimum absolute atomic E-state index is 0.0255. The number of carbonyl (C=O) groups excluding carboxylic acids is 3. The first-order valence-electron chi connectivity index (χ1n) is 28.9. The fourth-order valence-electron chi connectivity index (χ4n) is 7.94. The first-order chi connectivity index (χ1) is 36.6. The van der Waals surface area contributed by atoms with Gasteiger partial charge < -0.3 is 39.0 Å². The largest absolute Gasteiger partial charge is 0.479 e. The zero-order valence-corrected chi connectivity index (χ0v) is 46.5. The van der Waals surface area contributed by atoms with Crippen molar-refractivity contribution in [3.8, 4) is 0 Å². The number of hydrogen-bond acceptors (Lipinski definition) is 11. The summed E-state index contributed by atoms with van der Waals surface area (Å²) in [5, 5.41) is 31.4. The number of esters is 3. The van der Waals surface area contributed by atoms with Gasteiger partial charge >= 0.3 is 23.9 Å². The lowest BCUT2D eigenvalue weighted by Gasteiger charge is -2.40. The van der Waals surface area contributed by atoms with Crippen LogP contribution in [0.1, 0.15) is 213 Å². The van der Waals surface area contributed by atoms with E-state index in [1.165, 1.54) is 25.7 Å². The lowest BCUT2D eigenvalue weighted by Crippen LogP contribution is -2.61. The molecule has 1 rings (SSSR count). The predicted octanol–water partition coefficient (Wildman–Crippen LogP) is 14.7. The molecule has 6 unspecified atom stereocenters. The Bertz CT molecular complexity index is 1720. The van der Waals surface area contributed by atoms with Gasteiger partial charge in [0.1, 0.15) is 18.8 Å². The van der Waals surface area contributed by atoms with Gasteiger partial charge in [0, 0.05) is 19.3 Å². The highest BCUT2D eigenvalue weighted by Gasteiger charge is 2.50. The van der Waals surface area contributed by atoms with E-state index < -0.39 is 67.3 Å². The van der Waals surface area contributed by atoms with Gasteiger partial charge in [-0.1, -0.05) is 188 Å². The highest BCUT2D eigenvalue weighted by atomic mass is 16.7. The van der Waals surface area contributed by atoms with Gasteiger partial charge in [0.2, 0.25) is 0 Å². The van der Waals surface area contributed by atoms with E-state index in [0.29, 0.717) is 25.7 Å². The second-order valence-electron chi connectivity index (χ2n) is 19.2. The first-order valence-corrected chi connectivity index (χ1v) is 28.9. The molecular weight excluding hydrogens is 949 g/mol. The molecule has 6 atom stereocenters. The van der Waals surface area contributed by atoms with Gasteiger partial charge in [-0.3, -0.25) is 14.4 Å². The van der Waals surface area contributed by atoms with E-state index >= 15 is 0 Å². The number of ether oxygens (including phenoxy) is 5. The highest BCUT2D eigenvalue weighted by Crippen LogP contribution is 2.26. The number of hydrogen-bond donors (Lipinski definition) is 3. The molecule has 0 aliphatic carbocycles. The van der Waals surface area contributed by atoms with Crippen LogP contribution in [0.2, 0.25) is 0 Å². The summed E-state index contributed by atoms with van der Waals surface area (Å²) in [5.41, 5.74) is 0. The van der Waals surface area contributed by atoms with Crippen LogP contribution < -0.4 is 0 Å². The second kappa shape index (κ2) is 50.2. The fraction of sp³-hybridized carbons (Fsp3) is 0.651. The molecule has 12 heteroatoms. The quantitative estimate of drug-likeness (QED) is 0.0228. The zero-order valence-electron chi connectivity index (χ0n) is 46.5. The van der Waals surface area contributed by atoms with Crippen LogP contribution >= 0.6 is 0 Å². The zero-order chi connectivity index (χ0) is 54.7. The molecule has 0 radical (unpaired) electrons. The maximum atomic E-state index is 13.1. The molecule has 0 aromatic carbocycles. The smallest absolute Gasteiger partial charge is 0.335 e. The number of aliphatic carboxylic acids is 1. The highest BCUT2D eigenvalue weighted by molar-refractivity contribution is 5.74. The molecule has 1 fully saturated rings. The summed E-state index contributed by atoms with van der Waals surface area (Å²) < 4.78 is 28.3. The van der Waals surface area contributed by atoms with Crippen LogP contribution in [0.5, 0.6) is 0 Å². The monoisotopic (exact) mass is 1050 g/mol. The Balaban J connectivity index is 2.75. The van der Waals surface area contributed by atoms with Gasteiger partial charge in [-0.05, 0) is 116 Å². The Morgan fingerprint density at radius 1 is 0.453 bits per heavy atom. The topological polar surface area (TPSA) is 175 Å². The van der Waals surface area contributed by atoms with Gasteiger partial charge in [0.25, 0.3) is 0 Å². The summed E-state index contributed by atoms with van der Waals surface area (Å²) in [6, 6.07) is 0. The third-order valence-corrected chi connectivity index (χ3v) is 12.3. The van der Waals surface area contributed by atoms with Crippen LogP contribution in [0.4, 0.5) is 0 Å². The van der Waals surface area contributed by atoms with Gasteiger partial charge in [0.15, 0.2) is 24.6 Å². The van der Waals surface area contributed by atoms with Crippen LogP contribution in [0.3, 0.4) is 0 Å². The number of allylic oxidation sites excluding steroid dienone is 18. The number of carboxylic acids is 1. The van der Waals surface area contributed by atoms with E-state index in [9.17, 15) is 34.5 Å². The summed E-state index contributed by atoms with van der Waals surface area (Å²) in [5.74, 6) is -3.24. The van der Waals surface area contributed by atoms with Crippen molar-refractivity contribution in [1.29, 1.82) is 0 Å². The van der Waals surface area contributed by atoms with Crippen LogP contribution in [0.25, 0.3) is 0 Å². The van der Waals surface area contributed by atoms with E-state index in [0.717, 1.165) is 122 Å². The lowest BCUT2D eigenvalue weighted by molar-refractivity contribution is -0.301. The molecule has 3 N–H and O–H groups in total. The molecule has 0 aromatic rings. The minimum atomic E-state index is -1.93. The van der Waals surface area contributed by atoms with Crippen molar-refractivity contribution in [2.45, 2.75) is 250 Å². The van der Waals surface area contributed by atoms with E-state index in [1.54, 1.807) is 0 Å². The summed E-state index contributed by atoms with van der Waals surface area (Å²) in [6.07, 6.45) is 54.9. The Labute approximate surface area is 453 Å². The lowest BCUT2D eigenvalue weighted by atomic mass is 9.98. The summed E-state index contributed by atoms with van der Waals surface area (Å²) in [7, 11) is 0. The fourth-order valence-corrected chi connectivity index (χ4v) is 7.94. The van der Waals surface area contributed by atoms with Crippen LogP contribution in [-0.4, -0.2) is 89.2 Å². The normalized spacial score (nSPS) is 19.0. The molecule has 424 valence electrons. The van der Waals surface area contributed by atoms with Crippen molar-refractivity contribution in [2.24, 2.45) is 0 Å². The van der Waals surface area contributed by atoms with E-state index in [2.05, 4.69) is 118 Å².